The van der Waals surface area contributed by atoms with Gasteiger partial charge < -0.3 is 10.1 Å². The summed E-state index contributed by atoms with van der Waals surface area (Å²) in [6.45, 7) is 7.14. The van der Waals surface area contributed by atoms with Crippen molar-refractivity contribution in [3.8, 4) is 5.75 Å². The highest BCUT2D eigenvalue weighted by Crippen LogP contribution is 2.22. The van der Waals surface area contributed by atoms with Gasteiger partial charge >= 0.3 is 0 Å². The van der Waals surface area contributed by atoms with Crippen LogP contribution in [0.5, 0.6) is 5.75 Å². The van der Waals surface area contributed by atoms with Gasteiger partial charge in [0.15, 0.2) is 11.6 Å². The molecule has 0 unspecified atom stereocenters. The molecule has 0 bridgehead atoms. The van der Waals surface area contributed by atoms with Crippen LogP contribution in [-0.4, -0.2) is 38.2 Å². The lowest BCUT2D eigenvalue weighted by atomic mass is 9.97. The SMILES string of the molecule is CCCN(Cc1cccc(OC)c1F)CC1CCNCC1. The van der Waals surface area contributed by atoms with E-state index in [1.54, 1.807) is 6.07 Å². The van der Waals surface area contributed by atoms with Crippen LogP contribution in [0, 0.1) is 11.7 Å². The molecule has 1 heterocycles. The Morgan fingerprint density at radius 1 is 1.33 bits per heavy atom. The molecule has 118 valence electrons. The molecule has 0 aromatic heterocycles. The first-order valence-corrected chi connectivity index (χ1v) is 7.99. The second kappa shape index (κ2) is 8.35. The summed E-state index contributed by atoms with van der Waals surface area (Å²) >= 11 is 0. The Kier molecular flexibility index (Phi) is 6.46. The Morgan fingerprint density at radius 3 is 2.76 bits per heavy atom. The third-order valence-electron chi connectivity index (χ3n) is 4.17. The summed E-state index contributed by atoms with van der Waals surface area (Å²) in [5.41, 5.74) is 0.733. The molecule has 1 N–H and O–H groups in total. The zero-order chi connectivity index (χ0) is 15.1. The Balaban J connectivity index is 2.01. The molecule has 0 radical (unpaired) electrons. The highest BCUT2D eigenvalue weighted by molar-refractivity contribution is 5.30. The highest BCUT2D eigenvalue weighted by Gasteiger charge is 2.18. The molecule has 1 fully saturated rings. The number of nitrogens with one attached hydrogen (secondary N) is 1. The van der Waals surface area contributed by atoms with Crippen molar-refractivity contribution in [3.63, 3.8) is 0 Å². The van der Waals surface area contributed by atoms with Crippen LogP contribution in [0.3, 0.4) is 0 Å². The maximum atomic E-state index is 14.3. The Hall–Kier alpha value is -1.13. The number of hydrogen-bond acceptors (Lipinski definition) is 3. The third-order valence-corrected chi connectivity index (χ3v) is 4.17. The van der Waals surface area contributed by atoms with Gasteiger partial charge in [-0.05, 0) is 50.9 Å². The van der Waals surface area contributed by atoms with E-state index in [-0.39, 0.29) is 5.82 Å². The number of nitrogens with zero attached hydrogens (tertiary/aromatic N) is 1. The van der Waals surface area contributed by atoms with E-state index >= 15 is 0 Å². The number of halogens is 1. The van der Waals surface area contributed by atoms with Crippen molar-refractivity contribution in [1.29, 1.82) is 0 Å². The average molecular weight is 294 g/mol. The predicted molar refractivity (Wildman–Crippen MR) is 84.1 cm³/mol. The molecule has 1 aromatic carbocycles. The van der Waals surface area contributed by atoms with E-state index in [2.05, 4.69) is 17.1 Å². The van der Waals surface area contributed by atoms with Gasteiger partial charge in [-0.3, -0.25) is 4.90 Å². The van der Waals surface area contributed by atoms with Crippen LogP contribution in [0.4, 0.5) is 4.39 Å². The van der Waals surface area contributed by atoms with Crippen LogP contribution in [-0.2, 0) is 6.54 Å². The summed E-state index contributed by atoms with van der Waals surface area (Å²) in [4.78, 5) is 2.38. The fraction of sp³-hybridized carbons (Fsp3) is 0.647. The van der Waals surface area contributed by atoms with Crippen molar-refractivity contribution in [1.82, 2.24) is 10.2 Å². The van der Waals surface area contributed by atoms with Crippen molar-refractivity contribution in [2.45, 2.75) is 32.7 Å². The second-order valence-corrected chi connectivity index (χ2v) is 5.86. The zero-order valence-electron chi connectivity index (χ0n) is 13.2. The average Bonchev–Trinajstić information content (AvgIpc) is 2.50. The molecule has 0 spiro atoms. The lowest BCUT2D eigenvalue weighted by molar-refractivity contribution is 0.196. The molecule has 21 heavy (non-hydrogen) atoms. The predicted octanol–water partition coefficient (Wildman–Crippen LogP) is 3.05. The van der Waals surface area contributed by atoms with Gasteiger partial charge in [0, 0.05) is 18.7 Å². The van der Waals surface area contributed by atoms with Gasteiger partial charge in [-0.1, -0.05) is 19.1 Å². The van der Waals surface area contributed by atoms with E-state index < -0.39 is 0 Å². The smallest absolute Gasteiger partial charge is 0.169 e. The van der Waals surface area contributed by atoms with E-state index in [0.717, 1.165) is 44.1 Å². The van der Waals surface area contributed by atoms with Crippen molar-refractivity contribution >= 4 is 0 Å². The van der Waals surface area contributed by atoms with Gasteiger partial charge in [-0.25, -0.2) is 4.39 Å². The number of benzene rings is 1. The summed E-state index contributed by atoms with van der Waals surface area (Å²) < 4.78 is 19.4. The number of hydrogen-bond donors (Lipinski definition) is 1. The van der Waals surface area contributed by atoms with Crippen LogP contribution < -0.4 is 10.1 Å². The molecule has 2 rings (SSSR count). The standard InChI is InChI=1S/C17H27FN2O/c1-3-11-20(12-14-7-9-19-10-8-14)13-15-5-4-6-16(21-2)17(15)18/h4-6,14,19H,3,7-13H2,1-2H3. The van der Waals surface area contributed by atoms with Crippen molar-refractivity contribution in [2.24, 2.45) is 5.92 Å². The highest BCUT2D eigenvalue weighted by atomic mass is 19.1. The molecule has 1 saturated heterocycles. The third kappa shape index (κ3) is 4.68. The fourth-order valence-corrected chi connectivity index (χ4v) is 3.06. The van der Waals surface area contributed by atoms with Crippen molar-refractivity contribution in [3.05, 3.63) is 29.6 Å². The lowest BCUT2D eigenvalue weighted by Crippen LogP contribution is -2.36. The molecule has 0 atom stereocenters. The minimum atomic E-state index is -0.216. The van der Waals surface area contributed by atoms with Crippen LogP contribution in [0.15, 0.2) is 18.2 Å². The Morgan fingerprint density at radius 2 is 2.10 bits per heavy atom. The Bertz CT molecular complexity index is 433. The van der Waals surface area contributed by atoms with Crippen molar-refractivity contribution < 1.29 is 9.13 Å². The number of ether oxygens (including phenoxy) is 1. The van der Waals surface area contributed by atoms with Crippen LogP contribution in [0.25, 0.3) is 0 Å². The quantitative estimate of drug-likeness (QED) is 0.836. The first-order chi connectivity index (χ1) is 10.2. The number of piperidine rings is 1. The maximum absolute atomic E-state index is 14.3. The van der Waals surface area contributed by atoms with Gasteiger partial charge in [0.1, 0.15) is 0 Å². The summed E-state index contributed by atoms with van der Waals surface area (Å²) in [5, 5.41) is 3.40. The molecule has 4 heteroatoms. The lowest BCUT2D eigenvalue weighted by Gasteiger charge is -2.30. The van der Waals surface area contributed by atoms with Crippen LogP contribution >= 0.6 is 0 Å². The number of rotatable bonds is 7. The molecular formula is C17H27FN2O. The molecule has 0 saturated carbocycles. The van der Waals surface area contributed by atoms with Crippen LogP contribution in [0.1, 0.15) is 31.7 Å². The summed E-state index contributed by atoms with van der Waals surface area (Å²) in [5.74, 6) is 0.851. The molecule has 0 aliphatic carbocycles. The normalized spacial score (nSPS) is 16.4. The Labute approximate surface area is 127 Å². The summed E-state index contributed by atoms with van der Waals surface area (Å²) in [6.07, 6.45) is 3.54. The van der Waals surface area contributed by atoms with Gasteiger partial charge in [0.05, 0.1) is 7.11 Å². The molecular weight excluding hydrogens is 267 g/mol. The largest absolute Gasteiger partial charge is 0.494 e. The van der Waals surface area contributed by atoms with Crippen LogP contribution in [0.2, 0.25) is 0 Å². The summed E-state index contributed by atoms with van der Waals surface area (Å²) in [6, 6.07) is 5.41. The molecule has 1 aliphatic heterocycles. The van der Waals surface area contributed by atoms with Crippen molar-refractivity contribution in [2.75, 3.05) is 33.3 Å². The summed E-state index contributed by atoms with van der Waals surface area (Å²) in [7, 11) is 1.51. The fourth-order valence-electron chi connectivity index (χ4n) is 3.06. The first-order valence-electron chi connectivity index (χ1n) is 7.99. The molecule has 1 aromatic rings. The van der Waals surface area contributed by atoms with E-state index in [1.807, 2.05) is 12.1 Å². The molecule has 0 amide bonds. The molecule has 3 nitrogen and oxygen atoms in total. The molecule has 1 aliphatic rings. The van der Waals surface area contributed by atoms with E-state index in [9.17, 15) is 4.39 Å². The minimum Gasteiger partial charge on any atom is -0.494 e. The van der Waals surface area contributed by atoms with Gasteiger partial charge in [0.2, 0.25) is 0 Å². The minimum absolute atomic E-state index is 0.216. The van der Waals surface area contributed by atoms with E-state index in [0.29, 0.717) is 12.3 Å². The van der Waals surface area contributed by atoms with Gasteiger partial charge in [0.25, 0.3) is 0 Å². The monoisotopic (exact) mass is 294 g/mol. The number of methoxy groups -OCH3 is 1. The topological polar surface area (TPSA) is 24.5 Å². The second-order valence-electron chi connectivity index (χ2n) is 5.86. The van der Waals surface area contributed by atoms with E-state index in [4.69, 9.17) is 4.74 Å². The maximum Gasteiger partial charge on any atom is 0.169 e. The van der Waals surface area contributed by atoms with Gasteiger partial charge in [-0.2, -0.15) is 0 Å². The zero-order valence-corrected chi connectivity index (χ0v) is 13.2. The first kappa shape index (κ1) is 16.2. The van der Waals surface area contributed by atoms with Gasteiger partial charge in [-0.15, -0.1) is 0 Å². The van der Waals surface area contributed by atoms with E-state index in [1.165, 1.54) is 20.0 Å².